The second-order valence-electron chi connectivity index (χ2n) is 5.40. The summed E-state index contributed by atoms with van der Waals surface area (Å²) in [5.41, 5.74) is 1.33. The van der Waals surface area contributed by atoms with Crippen molar-refractivity contribution in [1.82, 2.24) is 9.62 Å². The smallest absolute Gasteiger partial charge is 0.409 e. The molecule has 8 nitrogen and oxygen atoms in total. The number of fused-ring (bicyclic) bond motifs is 1. The Morgan fingerprint density at radius 1 is 1.30 bits per heavy atom. The third kappa shape index (κ3) is 3.45. The van der Waals surface area contributed by atoms with Crippen LogP contribution in [0.1, 0.15) is 12.0 Å². The predicted molar refractivity (Wildman–Crippen MR) is 81.5 cm³/mol. The molecule has 0 saturated carbocycles. The lowest BCUT2D eigenvalue weighted by Crippen LogP contribution is -2.30. The van der Waals surface area contributed by atoms with E-state index in [9.17, 15) is 18.0 Å². The van der Waals surface area contributed by atoms with Crippen LogP contribution in [0.4, 0.5) is 10.5 Å². The maximum absolute atomic E-state index is 12.3. The fraction of sp³-hybridized carbons (Fsp3) is 0.429. The van der Waals surface area contributed by atoms with Crippen molar-refractivity contribution in [3.8, 4) is 0 Å². The third-order valence-electron chi connectivity index (χ3n) is 3.75. The Labute approximate surface area is 133 Å². The summed E-state index contributed by atoms with van der Waals surface area (Å²) in [5.74, 6) is -0.139. The number of anilines is 1. The Bertz CT molecular complexity index is 747. The fourth-order valence-corrected chi connectivity index (χ4v) is 3.69. The van der Waals surface area contributed by atoms with Gasteiger partial charge in [0, 0.05) is 18.8 Å². The highest BCUT2D eigenvalue weighted by Gasteiger charge is 2.23. The zero-order valence-corrected chi connectivity index (χ0v) is 13.2. The van der Waals surface area contributed by atoms with E-state index in [-0.39, 0.29) is 29.9 Å². The van der Waals surface area contributed by atoms with Crippen molar-refractivity contribution in [2.75, 3.05) is 31.6 Å². The molecular weight excluding hydrogens is 322 g/mol. The lowest BCUT2D eigenvalue weighted by molar-refractivity contribution is -0.115. The van der Waals surface area contributed by atoms with E-state index < -0.39 is 10.0 Å². The molecule has 1 fully saturated rings. The minimum Gasteiger partial charge on any atom is -0.448 e. The van der Waals surface area contributed by atoms with E-state index in [0.717, 1.165) is 0 Å². The molecule has 2 aliphatic heterocycles. The van der Waals surface area contributed by atoms with Crippen LogP contribution in [0.25, 0.3) is 0 Å². The van der Waals surface area contributed by atoms with Gasteiger partial charge < -0.3 is 15.0 Å². The highest BCUT2D eigenvalue weighted by atomic mass is 32.2. The summed E-state index contributed by atoms with van der Waals surface area (Å²) >= 11 is 0. The summed E-state index contributed by atoms with van der Waals surface area (Å²) in [6.07, 6.45) is 0.332. The van der Waals surface area contributed by atoms with Gasteiger partial charge in [-0.1, -0.05) is 0 Å². The van der Waals surface area contributed by atoms with Gasteiger partial charge in [0.2, 0.25) is 15.9 Å². The quantitative estimate of drug-likeness (QED) is 0.726. The van der Waals surface area contributed by atoms with Gasteiger partial charge in [-0.05, 0) is 30.2 Å². The molecule has 2 heterocycles. The zero-order chi connectivity index (χ0) is 16.4. The summed E-state index contributed by atoms with van der Waals surface area (Å²) in [6.45, 7) is 1.59. The molecule has 0 bridgehead atoms. The number of benzene rings is 1. The van der Waals surface area contributed by atoms with Crippen LogP contribution in [-0.4, -0.2) is 51.6 Å². The van der Waals surface area contributed by atoms with Gasteiger partial charge in [0.05, 0.1) is 17.9 Å². The topological polar surface area (TPSA) is 105 Å². The van der Waals surface area contributed by atoms with Crippen LogP contribution in [0.5, 0.6) is 0 Å². The molecule has 0 atom stereocenters. The van der Waals surface area contributed by atoms with E-state index in [0.29, 0.717) is 37.4 Å². The largest absolute Gasteiger partial charge is 0.448 e. The van der Waals surface area contributed by atoms with E-state index >= 15 is 0 Å². The average Bonchev–Trinajstić information content (AvgIpc) is 3.07. The molecule has 0 spiro atoms. The van der Waals surface area contributed by atoms with Crippen molar-refractivity contribution in [1.29, 1.82) is 0 Å². The lowest BCUT2D eigenvalue weighted by atomic mass is 10.2. The number of nitrogens with one attached hydrogen (secondary N) is 2. The van der Waals surface area contributed by atoms with Crippen LogP contribution in [0.15, 0.2) is 23.1 Å². The maximum Gasteiger partial charge on any atom is 0.409 e. The monoisotopic (exact) mass is 339 g/mol. The van der Waals surface area contributed by atoms with Gasteiger partial charge in [0.1, 0.15) is 6.61 Å². The maximum atomic E-state index is 12.3. The lowest BCUT2D eigenvalue weighted by Gasteiger charge is -2.13. The number of cyclic esters (lactones) is 1. The molecule has 9 heteroatoms. The third-order valence-corrected chi connectivity index (χ3v) is 5.21. The number of hydrogen-bond acceptors (Lipinski definition) is 5. The van der Waals surface area contributed by atoms with E-state index in [1.54, 1.807) is 11.0 Å². The molecule has 1 saturated heterocycles. The second-order valence-corrected chi connectivity index (χ2v) is 7.16. The minimum absolute atomic E-state index is 0.133. The zero-order valence-electron chi connectivity index (χ0n) is 12.4. The SMILES string of the molecule is O=C1Cc2cc(S(=O)(=O)NCCCN3CCOC3=O)ccc2N1. The van der Waals surface area contributed by atoms with Crippen molar-refractivity contribution < 1.29 is 22.7 Å². The van der Waals surface area contributed by atoms with Crippen molar-refractivity contribution in [3.63, 3.8) is 0 Å². The summed E-state index contributed by atoms with van der Waals surface area (Å²) in [7, 11) is -3.63. The molecule has 23 heavy (non-hydrogen) atoms. The number of ether oxygens (including phenoxy) is 1. The summed E-state index contributed by atoms with van der Waals surface area (Å²) in [4.78, 5) is 24.2. The Kier molecular flexibility index (Phi) is 4.22. The van der Waals surface area contributed by atoms with Gasteiger partial charge in [-0.3, -0.25) is 4.79 Å². The van der Waals surface area contributed by atoms with Crippen LogP contribution in [0, 0.1) is 0 Å². The van der Waals surface area contributed by atoms with E-state index in [4.69, 9.17) is 4.74 Å². The molecule has 0 aliphatic carbocycles. The Hall–Kier alpha value is -2.13. The molecule has 1 aromatic carbocycles. The first-order chi connectivity index (χ1) is 11.0. The standard InChI is InChI=1S/C14H17N3O5S/c18-13-9-10-8-11(2-3-12(10)16-13)23(20,21)15-4-1-5-17-6-7-22-14(17)19/h2-3,8,15H,1,4-7,9H2,(H,16,18). The van der Waals surface area contributed by atoms with Gasteiger partial charge in [-0.25, -0.2) is 17.9 Å². The molecule has 1 aromatic rings. The van der Waals surface area contributed by atoms with Crippen LogP contribution in [0.2, 0.25) is 0 Å². The number of nitrogens with zero attached hydrogens (tertiary/aromatic N) is 1. The summed E-state index contributed by atoms with van der Waals surface area (Å²) in [5, 5.41) is 2.66. The number of carbonyl (C=O) groups is 2. The van der Waals surface area contributed by atoms with Crippen LogP contribution in [0.3, 0.4) is 0 Å². The minimum atomic E-state index is -3.63. The number of carbonyl (C=O) groups excluding carboxylic acids is 2. The number of rotatable bonds is 6. The highest BCUT2D eigenvalue weighted by Crippen LogP contribution is 2.25. The molecule has 124 valence electrons. The highest BCUT2D eigenvalue weighted by molar-refractivity contribution is 7.89. The Morgan fingerprint density at radius 2 is 2.13 bits per heavy atom. The number of sulfonamides is 1. The molecule has 0 aromatic heterocycles. The molecule has 0 unspecified atom stereocenters. The van der Waals surface area contributed by atoms with Crippen molar-refractivity contribution in [3.05, 3.63) is 23.8 Å². The first-order valence-electron chi connectivity index (χ1n) is 7.30. The fourth-order valence-electron chi connectivity index (χ4n) is 2.56. The van der Waals surface area contributed by atoms with Gasteiger partial charge >= 0.3 is 6.09 Å². The van der Waals surface area contributed by atoms with E-state index in [1.165, 1.54) is 12.1 Å². The van der Waals surface area contributed by atoms with Gasteiger partial charge in [-0.15, -0.1) is 0 Å². The Balaban J connectivity index is 1.56. The van der Waals surface area contributed by atoms with Crippen LogP contribution in [-0.2, 0) is 26.0 Å². The van der Waals surface area contributed by atoms with Crippen molar-refractivity contribution in [2.45, 2.75) is 17.7 Å². The van der Waals surface area contributed by atoms with Gasteiger partial charge in [0.25, 0.3) is 0 Å². The van der Waals surface area contributed by atoms with E-state index in [2.05, 4.69) is 10.0 Å². The van der Waals surface area contributed by atoms with Crippen molar-refractivity contribution >= 4 is 27.7 Å². The summed E-state index contributed by atoms with van der Waals surface area (Å²) < 4.78 is 31.8. The van der Waals surface area contributed by atoms with Gasteiger partial charge in [-0.2, -0.15) is 0 Å². The molecule has 0 radical (unpaired) electrons. The Morgan fingerprint density at radius 3 is 2.87 bits per heavy atom. The van der Waals surface area contributed by atoms with Gasteiger partial charge in [0.15, 0.2) is 0 Å². The molecule has 2 amide bonds. The molecule has 3 rings (SSSR count). The molecule has 2 aliphatic rings. The molecule has 2 N–H and O–H groups in total. The predicted octanol–water partition coefficient (Wildman–Crippen LogP) is 0.302. The van der Waals surface area contributed by atoms with Crippen LogP contribution < -0.4 is 10.0 Å². The number of amides is 2. The molecular formula is C14H17N3O5S. The van der Waals surface area contributed by atoms with Crippen LogP contribution >= 0.6 is 0 Å². The average molecular weight is 339 g/mol. The summed E-state index contributed by atoms with van der Waals surface area (Å²) in [6, 6.07) is 4.56. The normalized spacial score (nSPS) is 17.1. The second kappa shape index (κ2) is 6.17. The first-order valence-corrected chi connectivity index (χ1v) is 8.78. The van der Waals surface area contributed by atoms with E-state index in [1.807, 2.05) is 0 Å². The first kappa shape index (κ1) is 15.8. The number of hydrogen-bond donors (Lipinski definition) is 2. The van der Waals surface area contributed by atoms with Crippen molar-refractivity contribution in [2.24, 2.45) is 0 Å².